The van der Waals surface area contributed by atoms with Crippen LogP contribution in [-0.2, 0) is 14.3 Å². The van der Waals surface area contributed by atoms with Crippen LogP contribution in [0, 0.1) is 0 Å². The highest BCUT2D eigenvalue weighted by Crippen LogP contribution is 2.37. The van der Waals surface area contributed by atoms with Gasteiger partial charge in [0.15, 0.2) is 0 Å². The maximum absolute atomic E-state index is 13.1. The van der Waals surface area contributed by atoms with Crippen molar-refractivity contribution in [1.29, 1.82) is 0 Å². The lowest BCUT2D eigenvalue weighted by atomic mass is 10.1. The first kappa shape index (κ1) is 19.7. The van der Waals surface area contributed by atoms with Gasteiger partial charge in [-0.2, -0.15) is 13.2 Å². The highest BCUT2D eigenvalue weighted by Gasteiger charge is 2.39. The maximum Gasteiger partial charge on any atom is 0.396 e. The van der Waals surface area contributed by atoms with Crippen molar-refractivity contribution in [1.82, 2.24) is 14.6 Å². The molecule has 1 fully saturated rings. The summed E-state index contributed by atoms with van der Waals surface area (Å²) in [5, 5.41) is 7.32. The number of aromatic nitrogens is 3. The Balaban J connectivity index is 1.90. The first-order valence-corrected chi connectivity index (χ1v) is 8.67. The zero-order valence-electron chi connectivity index (χ0n) is 14.6. The molecule has 27 heavy (non-hydrogen) atoms. The molecule has 0 aromatic carbocycles. The third kappa shape index (κ3) is 4.27. The molecule has 3 rings (SSSR count). The van der Waals surface area contributed by atoms with Gasteiger partial charge in [-0.1, -0.05) is 11.6 Å². The summed E-state index contributed by atoms with van der Waals surface area (Å²) in [7, 11) is 0. The van der Waals surface area contributed by atoms with E-state index >= 15 is 0 Å². The quantitative estimate of drug-likeness (QED) is 0.786. The number of carbonyl (C=O) groups is 1. The van der Waals surface area contributed by atoms with Crippen LogP contribution in [0.15, 0.2) is 12.3 Å². The molecular formula is C16H18ClF3N4O3. The molecule has 1 aliphatic rings. The van der Waals surface area contributed by atoms with Gasteiger partial charge in [0.2, 0.25) is 5.95 Å². The summed E-state index contributed by atoms with van der Waals surface area (Å²) in [5.41, 5.74) is 0.188. The van der Waals surface area contributed by atoms with Gasteiger partial charge in [-0.3, -0.25) is 4.79 Å². The largest absolute Gasteiger partial charge is 0.458 e. The number of esters is 1. The van der Waals surface area contributed by atoms with Crippen molar-refractivity contribution in [2.45, 2.75) is 44.5 Å². The fourth-order valence-corrected chi connectivity index (χ4v) is 3.13. The fraction of sp³-hybridized carbons (Fsp3) is 0.562. The SMILES string of the molecule is CC(=O)OC1COCCC1Nc1ncc2c(Cl)cc(C(C)C(F)(F)F)n2n1. The summed E-state index contributed by atoms with van der Waals surface area (Å²) >= 11 is 6.03. The zero-order chi connectivity index (χ0) is 19.8. The van der Waals surface area contributed by atoms with E-state index in [2.05, 4.69) is 15.4 Å². The summed E-state index contributed by atoms with van der Waals surface area (Å²) in [6.07, 6.45) is -3.10. The molecule has 2 aromatic rings. The van der Waals surface area contributed by atoms with Crippen LogP contribution < -0.4 is 5.32 Å². The van der Waals surface area contributed by atoms with E-state index in [1.807, 2.05) is 0 Å². The Morgan fingerprint density at radius 1 is 1.52 bits per heavy atom. The lowest BCUT2D eigenvalue weighted by Gasteiger charge is -2.31. The van der Waals surface area contributed by atoms with Gasteiger partial charge in [0.05, 0.1) is 35.5 Å². The van der Waals surface area contributed by atoms with E-state index in [0.717, 1.165) is 11.4 Å². The lowest BCUT2D eigenvalue weighted by molar-refractivity contribution is -0.153. The molecule has 1 aliphatic heterocycles. The highest BCUT2D eigenvalue weighted by molar-refractivity contribution is 6.34. The molecule has 11 heteroatoms. The van der Waals surface area contributed by atoms with Gasteiger partial charge in [0.25, 0.3) is 0 Å². The van der Waals surface area contributed by atoms with Gasteiger partial charge in [0, 0.05) is 13.5 Å². The molecule has 2 aromatic heterocycles. The first-order chi connectivity index (χ1) is 12.7. The number of hydrogen-bond acceptors (Lipinski definition) is 6. The van der Waals surface area contributed by atoms with Gasteiger partial charge in [-0.15, -0.1) is 5.10 Å². The summed E-state index contributed by atoms with van der Waals surface area (Å²) in [4.78, 5) is 15.4. The van der Waals surface area contributed by atoms with Gasteiger partial charge in [-0.25, -0.2) is 9.50 Å². The van der Waals surface area contributed by atoms with Crippen molar-refractivity contribution < 1.29 is 27.4 Å². The molecule has 1 N–H and O–H groups in total. The van der Waals surface area contributed by atoms with Crippen LogP contribution in [0.2, 0.25) is 5.02 Å². The molecule has 3 atom stereocenters. The van der Waals surface area contributed by atoms with E-state index in [1.165, 1.54) is 19.2 Å². The Morgan fingerprint density at radius 3 is 2.93 bits per heavy atom. The van der Waals surface area contributed by atoms with E-state index < -0.39 is 24.2 Å². The minimum atomic E-state index is -4.43. The Kier molecular flexibility index (Phi) is 5.48. The molecule has 3 unspecified atom stereocenters. The molecule has 3 heterocycles. The normalized spacial score (nSPS) is 21.9. The standard InChI is InChI=1S/C16H18ClF3N4O3/c1-8(16(18,19)20)12-5-10(17)13-6-21-15(23-24(12)13)22-11-3-4-26-7-14(11)27-9(2)25/h5-6,8,11,14H,3-4,7H2,1-2H3,(H,22,23). The molecule has 1 saturated heterocycles. The van der Waals surface area contributed by atoms with E-state index in [-0.39, 0.29) is 34.8 Å². The van der Waals surface area contributed by atoms with Gasteiger partial charge >= 0.3 is 12.1 Å². The second-order valence-electron chi connectivity index (χ2n) is 6.32. The van der Waals surface area contributed by atoms with Gasteiger partial charge in [-0.05, 0) is 19.4 Å². The molecule has 148 valence electrons. The second kappa shape index (κ2) is 7.51. The molecular weight excluding hydrogens is 389 g/mol. The van der Waals surface area contributed by atoms with Crippen molar-refractivity contribution >= 4 is 29.0 Å². The smallest absolute Gasteiger partial charge is 0.396 e. The Labute approximate surface area is 157 Å². The maximum atomic E-state index is 13.1. The number of ether oxygens (including phenoxy) is 2. The Bertz CT molecular complexity index is 842. The Morgan fingerprint density at radius 2 is 2.26 bits per heavy atom. The number of hydrogen-bond donors (Lipinski definition) is 1. The number of halogens is 4. The van der Waals surface area contributed by atoms with Crippen LogP contribution in [0.3, 0.4) is 0 Å². The molecule has 0 amide bonds. The van der Waals surface area contributed by atoms with Crippen LogP contribution in [0.4, 0.5) is 19.1 Å². The molecule has 0 spiro atoms. The number of nitrogens with one attached hydrogen (secondary N) is 1. The van der Waals surface area contributed by atoms with Crippen molar-refractivity contribution in [2.24, 2.45) is 0 Å². The van der Waals surface area contributed by atoms with Crippen molar-refractivity contribution in [3.63, 3.8) is 0 Å². The highest BCUT2D eigenvalue weighted by atomic mass is 35.5. The lowest BCUT2D eigenvalue weighted by Crippen LogP contribution is -2.44. The topological polar surface area (TPSA) is 77.8 Å². The van der Waals surface area contributed by atoms with E-state index in [9.17, 15) is 18.0 Å². The third-order valence-corrected chi connectivity index (χ3v) is 4.67. The van der Waals surface area contributed by atoms with Crippen LogP contribution in [0.1, 0.15) is 31.9 Å². The second-order valence-corrected chi connectivity index (χ2v) is 6.73. The average molecular weight is 407 g/mol. The first-order valence-electron chi connectivity index (χ1n) is 8.29. The summed E-state index contributed by atoms with van der Waals surface area (Å²) in [6, 6.07) is 0.915. The minimum absolute atomic E-state index is 0.0866. The van der Waals surface area contributed by atoms with Crippen LogP contribution in [0.5, 0.6) is 0 Å². The van der Waals surface area contributed by atoms with Crippen LogP contribution >= 0.6 is 11.6 Å². The summed E-state index contributed by atoms with van der Waals surface area (Å²) in [5.74, 6) is -2.10. The predicted molar refractivity (Wildman–Crippen MR) is 90.9 cm³/mol. The van der Waals surface area contributed by atoms with Gasteiger partial charge in [0.1, 0.15) is 11.6 Å². The monoisotopic (exact) mass is 406 g/mol. The summed E-state index contributed by atoms with van der Waals surface area (Å²) in [6.45, 7) is 3.00. The Hall–Kier alpha value is -2.07. The number of carbonyl (C=O) groups excluding carboxylic acids is 1. The van der Waals surface area contributed by atoms with Crippen LogP contribution in [-0.4, -0.2) is 52.1 Å². The molecule has 7 nitrogen and oxygen atoms in total. The predicted octanol–water partition coefficient (Wildman–Crippen LogP) is 3.18. The number of anilines is 1. The van der Waals surface area contributed by atoms with E-state index in [1.54, 1.807) is 0 Å². The average Bonchev–Trinajstić information content (AvgIpc) is 2.91. The number of rotatable bonds is 4. The van der Waals surface area contributed by atoms with Crippen molar-refractivity contribution in [3.05, 3.63) is 23.0 Å². The molecule has 0 saturated carbocycles. The van der Waals surface area contributed by atoms with Crippen molar-refractivity contribution in [3.8, 4) is 0 Å². The fourth-order valence-electron chi connectivity index (χ4n) is 2.89. The summed E-state index contributed by atoms with van der Waals surface area (Å²) < 4.78 is 51.1. The zero-order valence-corrected chi connectivity index (χ0v) is 15.3. The van der Waals surface area contributed by atoms with E-state index in [4.69, 9.17) is 21.1 Å². The minimum Gasteiger partial charge on any atom is -0.458 e. The molecule has 0 radical (unpaired) electrons. The third-order valence-electron chi connectivity index (χ3n) is 4.37. The molecule has 0 aliphatic carbocycles. The van der Waals surface area contributed by atoms with E-state index in [0.29, 0.717) is 13.0 Å². The number of fused-ring (bicyclic) bond motifs is 1. The van der Waals surface area contributed by atoms with Crippen molar-refractivity contribution in [2.75, 3.05) is 18.5 Å². The number of alkyl halides is 3. The number of nitrogens with zero attached hydrogens (tertiary/aromatic N) is 3. The van der Waals surface area contributed by atoms with Crippen LogP contribution in [0.25, 0.3) is 5.52 Å². The molecule has 0 bridgehead atoms. The van der Waals surface area contributed by atoms with Gasteiger partial charge < -0.3 is 14.8 Å².